The molecule has 0 aliphatic rings. The molecule has 0 saturated carbocycles. The number of hydrogen-bond donors (Lipinski definition) is 1. The zero-order chi connectivity index (χ0) is 12.1. The second kappa shape index (κ2) is 5.38. The summed E-state index contributed by atoms with van der Waals surface area (Å²) in [5.41, 5.74) is 2.72. The molecule has 0 aliphatic carbocycles. The topological polar surface area (TPSA) is 35.8 Å². The van der Waals surface area contributed by atoms with Crippen molar-refractivity contribution in [3.8, 4) is 6.07 Å². The Morgan fingerprint density at radius 2 is 1.94 bits per heavy atom. The number of benzene rings is 2. The minimum atomic E-state index is 0.676. The van der Waals surface area contributed by atoms with Crippen molar-refractivity contribution in [3.63, 3.8) is 0 Å². The van der Waals surface area contributed by atoms with E-state index < -0.39 is 0 Å². The second-order valence-electron chi connectivity index (χ2n) is 3.68. The highest BCUT2D eigenvalue weighted by molar-refractivity contribution is 6.30. The number of hydrogen-bond acceptors (Lipinski definition) is 2. The molecule has 0 unspecified atom stereocenters. The van der Waals surface area contributed by atoms with Gasteiger partial charge in [0, 0.05) is 17.3 Å². The summed E-state index contributed by atoms with van der Waals surface area (Å²) in [6, 6.07) is 17.2. The molecule has 0 fully saturated rings. The monoisotopic (exact) mass is 242 g/mol. The molecular weight excluding hydrogens is 232 g/mol. The average molecular weight is 243 g/mol. The van der Waals surface area contributed by atoms with Crippen molar-refractivity contribution in [1.82, 2.24) is 0 Å². The van der Waals surface area contributed by atoms with Crippen LogP contribution < -0.4 is 5.32 Å². The molecular formula is C14H11ClN2. The van der Waals surface area contributed by atoms with Crippen LogP contribution in [-0.4, -0.2) is 0 Å². The van der Waals surface area contributed by atoms with Gasteiger partial charge >= 0.3 is 0 Å². The van der Waals surface area contributed by atoms with Gasteiger partial charge in [0.2, 0.25) is 0 Å². The molecule has 0 aromatic heterocycles. The van der Waals surface area contributed by atoms with Crippen LogP contribution in [0.25, 0.3) is 0 Å². The molecule has 0 heterocycles. The van der Waals surface area contributed by atoms with Gasteiger partial charge in [-0.3, -0.25) is 0 Å². The van der Waals surface area contributed by atoms with Crippen LogP contribution in [0.2, 0.25) is 5.02 Å². The third-order valence-electron chi connectivity index (χ3n) is 2.38. The molecule has 0 radical (unpaired) electrons. The first-order valence-corrected chi connectivity index (χ1v) is 5.64. The quantitative estimate of drug-likeness (QED) is 0.888. The van der Waals surface area contributed by atoms with Crippen molar-refractivity contribution in [3.05, 3.63) is 64.7 Å². The number of halogens is 1. The zero-order valence-corrected chi connectivity index (χ0v) is 9.91. The van der Waals surface area contributed by atoms with Crippen LogP contribution in [0, 0.1) is 11.3 Å². The van der Waals surface area contributed by atoms with Gasteiger partial charge in [-0.2, -0.15) is 5.26 Å². The number of nitriles is 1. The third-order valence-corrected chi connectivity index (χ3v) is 2.61. The molecule has 2 rings (SSSR count). The van der Waals surface area contributed by atoms with Crippen molar-refractivity contribution in [1.29, 1.82) is 5.26 Å². The molecule has 84 valence electrons. The molecule has 2 aromatic carbocycles. The maximum atomic E-state index is 8.80. The molecule has 2 aromatic rings. The highest BCUT2D eigenvalue weighted by Gasteiger charge is 1.96. The minimum Gasteiger partial charge on any atom is -0.381 e. The summed E-state index contributed by atoms with van der Waals surface area (Å²) in [6.07, 6.45) is 0. The van der Waals surface area contributed by atoms with Crippen molar-refractivity contribution >= 4 is 17.3 Å². The Balaban J connectivity index is 2.05. The molecule has 0 bridgehead atoms. The lowest BCUT2D eigenvalue weighted by molar-refractivity contribution is 1.15. The maximum absolute atomic E-state index is 8.80. The van der Waals surface area contributed by atoms with E-state index in [1.54, 1.807) is 6.07 Å². The first-order valence-electron chi connectivity index (χ1n) is 5.26. The van der Waals surface area contributed by atoms with E-state index in [1.165, 1.54) is 0 Å². The summed E-state index contributed by atoms with van der Waals surface area (Å²) >= 11 is 5.89. The van der Waals surface area contributed by atoms with Gasteiger partial charge in [0.05, 0.1) is 11.6 Å². The smallest absolute Gasteiger partial charge is 0.0991 e. The Morgan fingerprint density at radius 3 is 2.71 bits per heavy atom. The van der Waals surface area contributed by atoms with Crippen molar-refractivity contribution in [2.75, 3.05) is 5.32 Å². The van der Waals surface area contributed by atoms with E-state index in [0.29, 0.717) is 17.1 Å². The molecule has 0 spiro atoms. The Bertz CT molecular complexity index is 558. The largest absolute Gasteiger partial charge is 0.381 e. The Kier molecular flexibility index (Phi) is 3.64. The highest BCUT2D eigenvalue weighted by Crippen LogP contribution is 2.16. The van der Waals surface area contributed by atoms with Crippen LogP contribution in [-0.2, 0) is 6.54 Å². The van der Waals surface area contributed by atoms with E-state index in [0.717, 1.165) is 11.3 Å². The fourth-order valence-corrected chi connectivity index (χ4v) is 1.74. The molecule has 0 saturated heterocycles. The number of rotatable bonds is 3. The van der Waals surface area contributed by atoms with E-state index in [4.69, 9.17) is 16.9 Å². The molecule has 3 heteroatoms. The minimum absolute atomic E-state index is 0.676. The average Bonchev–Trinajstić information content (AvgIpc) is 2.37. The summed E-state index contributed by atoms with van der Waals surface area (Å²) in [5.74, 6) is 0. The van der Waals surface area contributed by atoms with E-state index >= 15 is 0 Å². The molecule has 0 atom stereocenters. The van der Waals surface area contributed by atoms with E-state index in [9.17, 15) is 0 Å². The van der Waals surface area contributed by atoms with Crippen molar-refractivity contribution < 1.29 is 0 Å². The zero-order valence-electron chi connectivity index (χ0n) is 9.15. The summed E-state index contributed by atoms with van der Waals surface area (Å²) in [6.45, 7) is 0.676. The standard InChI is InChI=1S/C14H11ClN2/c15-13-5-2-6-14(8-13)17-10-12-4-1-3-11(7-12)9-16/h1-8,17H,10H2. The molecule has 1 N–H and O–H groups in total. The Labute approximate surface area is 105 Å². The van der Waals surface area contributed by atoms with Crippen LogP contribution in [0.5, 0.6) is 0 Å². The predicted molar refractivity (Wildman–Crippen MR) is 69.9 cm³/mol. The molecule has 2 nitrogen and oxygen atoms in total. The van der Waals surface area contributed by atoms with E-state index in [2.05, 4.69) is 11.4 Å². The SMILES string of the molecule is N#Cc1cccc(CNc2cccc(Cl)c2)c1. The van der Waals surface area contributed by atoms with Gasteiger partial charge < -0.3 is 5.32 Å². The van der Waals surface area contributed by atoms with Gasteiger partial charge in [-0.05, 0) is 35.9 Å². The fraction of sp³-hybridized carbons (Fsp3) is 0.0714. The summed E-state index contributed by atoms with van der Waals surface area (Å²) in [5, 5.41) is 12.8. The van der Waals surface area contributed by atoms with Gasteiger partial charge in [0.15, 0.2) is 0 Å². The van der Waals surface area contributed by atoms with Gasteiger partial charge in [0.1, 0.15) is 0 Å². The van der Waals surface area contributed by atoms with Crippen molar-refractivity contribution in [2.24, 2.45) is 0 Å². The lowest BCUT2D eigenvalue weighted by atomic mass is 10.1. The van der Waals surface area contributed by atoms with Crippen LogP contribution in [0.1, 0.15) is 11.1 Å². The van der Waals surface area contributed by atoms with Crippen LogP contribution in [0.4, 0.5) is 5.69 Å². The number of nitrogens with one attached hydrogen (secondary N) is 1. The Hall–Kier alpha value is -1.98. The second-order valence-corrected chi connectivity index (χ2v) is 4.11. The van der Waals surface area contributed by atoms with Gasteiger partial charge in [-0.15, -0.1) is 0 Å². The highest BCUT2D eigenvalue weighted by atomic mass is 35.5. The first-order chi connectivity index (χ1) is 8.28. The third kappa shape index (κ3) is 3.24. The maximum Gasteiger partial charge on any atom is 0.0991 e. The lowest BCUT2D eigenvalue weighted by Crippen LogP contribution is -1.99. The number of nitrogens with zero attached hydrogens (tertiary/aromatic N) is 1. The normalized spacial score (nSPS) is 9.65. The summed E-state index contributed by atoms with van der Waals surface area (Å²) in [7, 11) is 0. The van der Waals surface area contributed by atoms with Gasteiger partial charge in [-0.25, -0.2) is 0 Å². The van der Waals surface area contributed by atoms with E-state index in [1.807, 2.05) is 42.5 Å². The molecule has 0 amide bonds. The summed E-state index contributed by atoms with van der Waals surface area (Å²) < 4.78 is 0. The molecule has 17 heavy (non-hydrogen) atoms. The molecule has 0 aliphatic heterocycles. The lowest BCUT2D eigenvalue weighted by Gasteiger charge is -2.06. The van der Waals surface area contributed by atoms with E-state index in [-0.39, 0.29) is 0 Å². The van der Waals surface area contributed by atoms with Crippen LogP contribution >= 0.6 is 11.6 Å². The van der Waals surface area contributed by atoms with Crippen LogP contribution in [0.3, 0.4) is 0 Å². The van der Waals surface area contributed by atoms with Crippen LogP contribution in [0.15, 0.2) is 48.5 Å². The van der Waals surface area contributed by atoms with Crippen molar-refractivity contribution in [2.45, 2.75) is 6.54 Å². The predicted octanol–water partition coefficient (Wildman–Crippen LogP) is 3.82. The number of anilines is 1. The Morgan fingerprint density at radius 1 is 1.12 bits per heavy atom. The van der Waals surface area contributed by atoms with Gasteiger partial charge in [-0.1, -0.05) is 29.8 Å². The van der Waals surface area contributed by atoms with Gasteiger partial charge in [0.25, 0.3) is 0 Å². The summed E-state index contributed by atoms with van der Waals surface area (Å²) in [4.78, 5) is 0. The fourth-order valence-electron chi connectivity index (χ4n) is 1.55. The first kappa shape index (κ1) is 11.5.